The second-order valence-electron chi connectivity index (χ2n) is 5.34. The summed E-state index contributed by atoms with van der Waals surface area (Å²) in [6.45, 7) is 1.88. The van der Waals surface area contributed by atoms with Gasteiger partial charge in [0.15, 0.2) is 5.82 Å². The van der Waals surface area contributed by atoms with Crippen LogP contribution in [0.2, 0.25) is 0 Å². The number of hydrogen-bond donors (Lipinski definition) is 2. The zero-order valence-electron chi connectivity index (χ0n) is 11.5. The lowest BCUT2D eigenvalue weighted by Gasteiger charge is -2.27. The molecule has 0 amide bonds. The van der Waals surface area contributed by atoms with Crippen molar-refractivity contribution in [2.24, 2.45) is 0 Å². The smallest absolute Gasteiger partial charge is 0.153 e. The molecule has 2 N–H and O–H groups in total. The lowest BCUT2D eigenvalue weighted by atomic mass is 9.93. The highest BCUT2D eigenvalue weighted by molar-refractivity contribution is 5.51. The first-order chi connectivity index (χ1) is 9.72. The number of nitrogens with one attached hydrogen (secondary N) is 1. The normalized spacial score (nSPS) is 22.7. The summed E-state index contributed by atoms with van der Waals surface area (Å²) in [5.41, 5.74) is 2.02. The molecule has 6 nitrogen and oxygen atoms in total. The maximum absolute atomic E-state index is 9.54. The predicted octanol–water partition coefficient (Wildman–Crippen LogP) is 1.69. The minimum atomic E-state index is -0.122. The largest absolute Gasteiger partial charge is 0.393 e. The zero-order chi connectivity index (χ0) is 13.9. The maximum atomic E-state index is 9.54. The Morgan fingerprint density at radius 1 is 1.25 bits per heavy atom. The highest BCUT2D eigenvalue weighted by Crippen LogP contribution is 2.23. The average Bonchev–Trinajstić information content (AvgIpc) is 2.88. The summed E-state index contributed by atoms with van der Waals surface area (Å²) in [5, 5.41) is 24.6. The summed E-state index contributed by atoms with van der Waals surface area (Å²) < 4.78 is 1.72. The molecule has 1 fully saturated rings. The number of aliphatic hydroxyl groups is 1. The molecule has 0 atom stereocenters. The van der Waals surface area contributed by atoms with Crippen molar-refractivity contribution in [1.82, 2.24) is 20.2 Å². The molecule has 2 aromatic rings. The predicted molar refractivity (Wildman–Crippen MR) is 75.8 cm³/mol. The van der Waals surface area contributed by atoms with E-state index in [9.17, 15) is 5.11 Å². The average molecular weight is 273 g/mol. The SMILES string of the molecule is Cc1nnnn1-c1cccc(NC2CCC(O)CC2)c1. The number of aromatic nitrogens is 4. The molecule has 1 aromatic carbocycles. The Morgan fingerprint density at radius 2 is 2.05 bits per heavy atom. The molecule has 6 heteroatoms. The molecule has 1 aromatic heterocycles. The van der Waals surface area contributed by atoms with E-state index in [-0.39, 0.29) is 6.10 Å². The van der Waals surface area contributed by atoms with Crippen molar-refractivity contribution in [2.75, 3.05) is 5.32 Å². The van der Waals surface area contributed by atoms with Gasteiger partial charge < -0.3 is 10.4 Å². The number of aryl methyl sites for hydroxylation is 1. The number of rotatable bonds is 3. The lowest BCUT2D eigenvalue weighted by Crippen LogP contribution is -2.28. The summed E-state index contributed by atoms with van der Waals surface area (Å²) in [4.78, 5) is 0. The quantitative estimate of drug-likeness (QED) is 0.890. The number of nitrogens with zero attached hydrogens (tertiary/aromatic N) is 4. The number of hydrogen-bond acceptors (Lipinski definition) is 5. The number of tetrazole rings is 1. The van der Waals surface area contributed by atoms with Gasteiger partial charge in [-0.3, -0.25) is 0 Å². The van der Waals surface area contributed by atoms with Crippen molar-refractivity contribution >= 4 is 5.69 Å². The fourth-order valence-electron chi connectivity index (χ4n) is 2.65. The molecule has 1 saturated carbocycles. The molecular formula is C14H19N5O. The van der Waals surface area contributed by atoms with Crippen LogP contribution in [0.15, 0.2) is 24.3 Å². The van der Waals surface area contributed by atoms with E-state index in [0.717, 1.165) is 42.9 Å². The molecule has 1 aliphatic carbocycles. The summed E-state index contributed by atoms with van der Waals surface area (Å²) in [5.74, 6) is 0.767. The molecule has 106 valence electrons. The Morgan fingerprint density at radius 3 is 2.75 bits per heavy atom. The highest BCUT2D eigenvalue weighted by atomic mass is 16.3. The van der Waals surface area contributed by atoms with Gasteiger partial charge in [-0.05, 0) is 61.2 Å². The van der Waals surface area contributed by atoms with E-state index in [1.807, 2.05) is 31.2 Å². The molecule has 0 unspecified atom stereocenters. The second kappa shape index (κ2) is 5.58. The Bertz CT molecular complexity index is 574. The minimum absolute atomic E-state index is 0.122. The van der Waals surface area contributed by atoms with Gasteiger partial charge in [-0.15, -0.1) is 5.10 Å². The first kappa shape index (κ1) is 13.1. The Labute approximate surface area is 117 Å². The lowest BCUT2D eigenvalue weighted by molar-refractivity contribution is 0.126. The number of benzene rings is 1. The molecule has 0 spiro atoms. The van der Waals surface area contributed by atoms with Crippen LogP contribution in [0.5, 0.6) is 0 Å². The van der Waals surface area contributed by atoms with Crippen LogP contribution in [-0.2, 0) is 0 Å². The van der Waals surface area contributed by atoms with Crippen molar-refractivity contribution < 1.29 is 5.11 Å². The summed E-state index contributed by atoms with van der Waals surface area (Å²) in [6, 6.07) is 8.52. The van der Waals surface area contributed by atoms with E-state index in [1.165, 1.54) is 0 Å². The fraction of sp³-hybridized carbons (Fsp3) is 0.500. The third-order valence-corrected chi connectivity index (χ3v) is 3.78. The number of anilines is 1. The van der Waals surface area contributed by atoms with Gasteiger partial charge in [-0.2, -0.15) is 4.68 Å². The second-order valence-corrected chi connectivity index (χ2v) is 5.34. The fourth-order valence-corrected chi connectivity index (χ4v) is 2.65. The van der Waals surface area contributed by atoms with E-state index in [2.05, 4.69) is 20.8 Å². The third kappa shape index (κ3) is 2.80. The topological polar surface area (TPSA) is 75.9 Å². The molecule has 20 heavy (non-hydrogen) atoms. The van der Waals surface area contributed by atoms with Gasteiger partial charge in [0.05, 0.1) is 11.8 Å². The van der Waals surface area contributed by atoms with Crippen molar-refractivity contribution in [3.8, 4) is 5.69 Å². The summed E-state index contributed by atoms with van der Waals surface area (Å²) >= 11 is 0. The van der Waals surface area contributed by atoms with Gasteiger partial charge in [0.1, 0.15) is 0 Å². The number of aliphatic hydroxyl groups excluding tert-OH is 1. The van der Waals surface area contributed by atoms with Crippen LogP contribution in [-0.4, -0.2) is 37.5 Å². The Kier molecular flexibility index (Phi) is 3.64. The van der Waals surface area contributed by atoms with E-state index in [0.29, 0.717) is 6.04 Å². The van der Waals surface area contributed by atoms with E-state index in [4.69, 9.17) is 0 Å². The van der Waals surface area contributed by atoms with E-state index in [1.54, 1.807) is 4.68 Å². The minimum Gasteiger partial charge on any atom is -0.393 e. The van der Waals surface area contributed by atoms with Gasteiger partial charge in [-0.25, -0.2) is 0 Å². The monoisotopic (exact) mass is 273 g/mol. The first-order valence-electron chi connectivity index (χ1n) is 7.02. The van der Waals surface area contributed by atoms with Crippen LogP contribution in [0.25, 0.3) is 5.69 Å². The van der Waals surface area contributed by atoms with Crippen molar-refractivity contribution in [2.45, 2.75) is 44.8 Å². The summed E-state index contributed by atoms with van der Waals surface area (Å²) in [7, 11) is 0. The van der Waals surface area contributed by atoms with Gasteiger partial charge in [-0.1, -0.05) is 6.07 Å². The van der Waals surface area contributed by atoms with Crippen LogP contribution in [0, 0.1) is 6.92 Å². The van der Waals surface area contributed by atoms with Gasteiger partial charge >= 0.3 is 0 Å². The molecule has 0 radical (unpaired) electrons. The first-order valence-corrected chi connectivity index (χ1v) is 7.02. The van der Waals surface area contributed by atoms with Crippen LogP contribution in [0.4, 0.5) is 5.69 Å². The molecule has 3 rings (SSSR count). The summed E-state index contributed by atoms with van der Waals surface area (Å²) in [6.07, 6.45) is 3.65. The van der Waals surface area contributed by atoms with E-state index >= 15 is 0 Å². The van der Waals surface area contributed by atoms with Gasteiger partial charge in [0.2, 0.25) is 0 Å². The van der Waals surface area contributed by atoms with Gasteiger partial charge in [0.25, 0.3) is 0 Å². The van der Waals surface area contributed by atoms with Crippen molar-refractivity contribution in [3.05, 3.63) is 30.1 Å². The van der Waals surface area contributed by atoms with Crippen LogP contribution >= 0.6 is 0 Å². The molecule has 0 bridgehead atoms. The van der Waals surface area contributed by atoms with E-state index < -0.39 is 0 Å². The standard InChI is InChI=1S/C14H19N5O/c1-10-16-17-18-19(10)13-4-2-3-12(9-13)15-11-5-7-14(20)8-6-11/h2-4,9,11,14-15,20H,5-8H2,1H3. The molecule has 1 aliphatic rings. The Balaban J connectivity index is 1.73. The van der Waals surface area contributed by atoms with Crippen molar-refractivity contribution in [3.63, 3.8) is 0 Å². The molecule has 0 aliphatic heterocycles. The molecule has 0 saturated heterocycles. The third-order valence-electron chi connectivity index (χ3n) is 3.78. The van der Waals surface area contributed by atoms with Crippen LogP contribution < -0.4 is 5.32 Å². The van der Waals surface area contributed by atoms with Gasteiger partial charge in [0, 0.05) is 11.7 Å². The maximum Gasteiger partial charge on any atom is 0.153 e. The Hall–Kier alpha value is -1.95. The van der Waals surface area contributed by atoms with Crippen molar-refractivity contribution in [1.29, 1.82) is 0 Å². The van der Waals surface area contributed by atoms with Crippen LogP contribution in [0.1, 0.15) is 31.5 Å². The highest BCUT2D eigenvalue weighted by Gasteiger charge is 2.19. The zero-order valence-corrected chi connectivity index (χ0v) is 11.5. The molecule has 1 heterocycles. The molecular weight excluding hydrogens is 254 g/mol. The van der Waals surface area contributed by atoms with Crippen LogP contribution in [0.3, 0.4) is 0 Å².